The molecule has 5 rings (SSSR count). The number of hydrogen-bond donors (Lipinski definition) is 1. The highest BCUT2D eigenvalue weighted by atomic mass is 32.2. The van der Waals surface area contributed by atoms with E-state index < -0.39 is 10.8 Å². The molecule has 8 nitrogen and oxygen atoms in total. The third kappa shape index (κ3) is 9.89. The van der Waals surface area contributed by atoms with Crippen molar-refractivity contribution in [2.75, 3.05) is 43.1 Å². The Bertz CT molecular complexity index is 1630. The minimum Gasteiger partial charge on any atom is -0.491 e. The third-order valence-electron chi connectivity index (χ3n) is 8.14. The number of amides is 1. The fraction of sp³-hybridized carbons (Fsp3) is 0.368. The van der Waals surface area contributed by atoms with Gasteiger partial charge < -0.3 is 24.3 Å². The van der Waals surface area contributed by atoms with E-state index in [0.717, 1.165) is 79.3 Å². The number of benzene rings is 3. The summed E-state index contributed by atoms with van der Waals surface area (Å²) < 4.78 is 26.5. The summed E-state index contributed by atoms with van der Waals surface area (Å²) in [5.41, 5.74) is 5.89. The number of nitrogens with one attached hydrogen (secondary N) is 1. The first-order chi connectivity index (χ1) is 23.0. The average Bonchev–Trinajstić information content (AvgIpc) is 3.79. The van der Waals surface area contributed by atoms with Crippen molar-refractivity contribution < 1.29 is 18.5 Å². The Kier molecular flexibility index (Phi) is 12.8. The molecule has 0 saturated carbocycles. The summed E-state index contributed by atoms with van der Waals surface area (Å²) in [5, 5.41) is 2.95. The number of anilines is 2. The van der Waals surface area contributed by atoms with Crippen LogP contribution in [0.5, 0.6) is 5.75 Å². The van der Waals surface area contributed by atoms with Crippen LogP contribution < -0.4 is 15.0 Å². The van der Waals surface area contributed by atoms with Gasteiger partial charge in [-0.3, -0.25) is 9.00 Å². The van der Waals surface area contributed by atoms with E-state index in [1.54, 1.807) is 30.7 Å². The van der Waals surface area contributed by atoms with Crippen molar-refractivity contribution in [2.45, 2.75) is 63.1 Å². The Balaban J connectivity index is 1.22. The fourth-order valence-corrected chi connectivity index (χ4v) is 6.71. The van der Waals surface area contributed by atoms with Crippen LogP contribution in [-0.4, -0.2) is 52.6 Å². The first-order valence-corrected chi connectivity index (χ1v) is 18.0. The molecule has 248 valence electrons. The van der Waals surface area contributed by atoms with Crippen LogP contribution in [0.15, 0.2) is 90.2 Å². The van der Waals surface area contributed by atoms with Crippen LogP contribution in [0.3, 0.4) is 0 Å². The molecule has 1 fully saturated rings. The van der Waals surface area contributed by atoms with Gasteiger partial charge in [0.15, 0.2) is 0 Å². The molecule has 3 aromatic carbocycles. The number of aryl methyl sites for hydroxylation is 1. The van der Waals surface area contributed by atoms with Gasteiger partial charge in [0.25, 0.3) is 0 Å². The van der Waals surface area contributed by atoms with Crippen molar-refractivity contribution in [3.05, 3.63) is 96.6 Å². The number of nitrogens with zero attached hydrogens (tertiary/aromatic N) is 3. The van der Waals surface area contributed by atoms with Gasteiger partial charge in [0.1, 0.15) is 12.4 Å². The molecule has 9 heteroatoms. The Morgan fingerprint density at radius 1 is 0.936 bits per heavy atom. The quantitative estimate of drug-likeness (QED) is 0.0927. The van der Waals surface area contributed by atoms with Gasteiger partial charge in [-0.2, -0.15) is 0 Å². The Labute approximate surface area is 281 Å². The standard InChI is InChI=1S/C38H46N4O4S/c1-3-5-23-45-24-25-46-35-14-8-30(9-15-35)31-10-18-37(41-21-6-7-22-41)32(26-31)11-19-38(43)40-33-12-16-36(17-13-33)47(44)28-34-27-39-29-42(34)20-4-2/h8-19,26-27,29H,3-7,20-25,28H2,1-2H3,(H,40,43)/b19-11+. The van der Waals surface area contributed by atoms with Crippen molar-refractivity contribution in [3.63, 3.8) is 0 Å². The predicted molar refractivity (Wildman–Crippen MR) is 191 cm³/mol. The van der Waals surface area contributed by atoms with Crippen LogP contribution in [0, 0.1) is 0 Å². The van der Waals surface area contributed by atoms with E-state index in [1.807, 2.05) is 34.9 Å². The monoisotopic (exact) mass is 654 g/mol. The summed E-state index contributed by atoms with van der Waals surface area (Å²) in [6.07, 6.45) is 12.6. The summed E-state index contributed by atoms with van der Waals surface area (Å²) in [4.78, 5) is 20.3. The number of carbonyl (C=O) groups is 1. The van der Waals surface area contributed by atoms with Gasteiger partial charge in [-0.15, -0.1) is 0 Å². The number of ether oxygens (including phenoxy) is 2. The lowest BCUT2D eigenvalue weighted by atomic mass is 10.0. The first-order valence-electron chi connectivity index (χ1n) is 16.7. The minimum absolute atomic E-state index is 0.222. The van der Waals surface area contributed by atoms with Crippen LogP contribution in [0.1, 0.15) is 57.2 Å². The van der Waals surface area contributed by atoms with Crippen LogP contribution >= 0.6 is 0 Å². The molecule has 1 unspecified atom stereocenters. The highest BCUT2D eigenvalue weighted by Gasteiger charge is 2.16. The number of aromatic nitrogens is 2. The number of hydrogen-bond acceptors (Lipinski definition) is 6. The van der Waals surface area contributed by atoms with E-state index in [1.165, 1.54) is 12.8 Å². The zero-order chi connectivity index (χ0) is 32.8. The summed E-state index contributed by atoms with van der Waals surface area (Å²) in [7, 11) is -1.21. The van der Waals surface area contributed by atoms with E-state index in [4.69, 9.17) is 9.47 Å². The summed E-state index contributed by atoms with van der Waals surface area (Å²) in [6, 6.07) is 21.8. The fourth-order valence-electron chi connectivity index (χ4n) is 5.59. The molecule has 47 heavy (non-hydrogen) atoms. The molecule has 1 N–H and O–H groups in total. The molecule has 0 bridgehead atoms. The second kappa shape index (κ2) is 17.6. The highest BCUT2D eigenvalue weighted by Crippen LogP contribution is 2.31. The van der Waals surface area contributed by atoms with Crippen molar-refractivity contribution in [3.8, 4) is 16.9 Å². The Morgan fingerprint density at radius 2 is 1.70 bits per heavy atom. The van der Waals surface area contributed by atoms with Crippen molar-refractivity contribution >= 4 is 34.2 Å². The molecule has 1 aliphatic rings. The molecule has 0 aliphatic carbocycles. The average molecular weight is 655 g/mol. The maximum Gasteiger partial charge on any atom is 0.248 e. The molecular formula is C38H46N4O4S. The number of imidazole rings is 1. The topological polar surface area (TPSA) is 85.7 Å². The Morgan fingerprint density at radius 3 is 2.45 bits per heavy atom. The van der Waals surface area contributed by atoms with Gasteiger partial charge in [-0.05, 0) is 97.0 Å². The molecule has 1 amide bonds. The normalized spacial score (nSPS) is 13.7. The molecule has 2 heterocycles. The van der Waals surface area contributed by atoms with Crippen molar-refractivity contribution in [1.29, 1.82) is 0 Å². The van der Waals surface area contributed by atoms with E-state index in [9.17, 15) is 9.00 Å². The Hall–Kier alpha value is -4.21. The number of carbonyl (C=O) groups excluding carboxylic acids is 1. The lowest BCUT2D eigenvalue weighted by Gasteiger charge is -2.21. The largest absolute Gasteiger partial charge is 0.491 e. The van der Waals surface area contributed by atoms with Crippen LogP contribution in [0.25, 0.3) is 17.2 Å². The summed E-state index contributed by atoms with van der Waals surface area (Å²) >= 11 is 0. The summed E-state index contributed by atoms with van der Waals surface area (Å²) in [5.74, 6) is 0.997. The molecule has 1 aliphatic heterocycles. The van der Waals surface area contributed by atoms with Crippen molar-refractivity contribution in [2.24, 2.45) is 0 Å². The van der Waals surface area contributed by atoms with E-state index >= 15 is 0 Å². The summed E-state index contributed by atoms with van der Waals surface area (Å²) in [6.45, 7) is 9.02. The second-order valence-corrected chi connectivity index (χ2v) is 13.2. The maximum atomic E-state index is 13.0. The van der Waals surface area contributed by atoms with Crippen LogP contribution in [0.4, 0.5) is 11.4 Å². The van der Waals surface area contributed by atoms with Crippen LogP contribution in [-0.2, 0) is 32.6 Å². The second-order valence-electron chi connectivity index (χ2n) is 11.7. The van der Waals surface area contributed by atoms with Gasteiger partial charge in [-0.1, -0.05) is 38.5 Å². The van der Waals surface area contributed by atoms with Gasteiger partial charge in [0, 0.05) is 54.8 Å². The van der Waals surface area contributed by atoms with Crippen molar-refractivity contribution in [1.82, 2.24) is 9.55 Å². The zero-order valence-electron chi connectivity index (χ0n) is 27.5. The van der Waals surface area contributed by atoms with Gasteiger partial charge >= 0.3 is 0 Å². The van der Waals surface area contributed by atoms with E-state index in [-0.39, 0.29) is 5.91 Å². The SMILES string of the molecule is CCCCOCCOc1ccc(-c2ccc(N3CCCC3)c(/C=C/C(=O)Nc3ccc(S(=O)Cc4cncn4CCC)cc3)c2)cc1. The third-order valence-corrected chi connectivity index (χ3v) is 9.50. The molecule has 0 radical (unpaired) electrons. The van der Waals surface area contributed by atoms with Gasteiger partial charge in [0.2, 0.25) is 5.91 Å². The smallest absolute Gasteiger partial charge is 0.248 e. The van der Waals surface area contributed by atoms with E-state index in [2.05, 4.69) is 59.4 Å². The molecule has 4 aromatic rings. The molecule has 1 atom stereocenters. The number of rotatable bonds is 17. The minimum atomic E-state index is -1.21. The van der Waals surface area contributed by atoms with E-state index in [0.29, 0.717) is 29.5 Å². The first kappa shape index (κ1) is 34.1. The van der Waals surface area contributed by atoms with Gasteiger partial charge in [-0.25, -0.2) is 4.98 Å². The zero-order valence-corrected chi connectivity index (χ0v) is 28.3. The molecular weight excluding hydrogens is 609 g/mol. The lowest BCUT2D eigenvalue weighted by molar-refractivity contribution is -0.111. The molecule has 1 saturated heterocycles. The maximum absolute atomic E-state index is 13.0. The lowest BCUT2D eigenvalue weighted by Crippen LogP contribution is -2.18. The molecule has 0 spiro atoms. The number of unbranched alkanes of at least 4 members (excludes halogenated alkanes) is 1. The highest BCUT2D eigenvalue weighted by molar-refractivity contribution is 7.84. The van der Waals surface area contributed by atoms with Crippen LogP contribution in [0.2, 0.25) is 0 Å². The van der Waals surface area contributed by atoms with Gasteiger partial charge in [0.05, 0.1) is 35.2 Å². The predicted octanol–water partition coefficient (Wildman–Crippen LogP) is 7.72. The molecule has 1 aromatic heterocycles.